The molecule has 0 aliphatic carbocycles. The second kappa shape index (κ2) is 13.7. The average Bonchev–Trinajstić information content (AvgIpc) is 2.82. The molecule has 0 heterocycles. The van der Waals surface area contributed by atoms with Crippen LogP contribution in [-0.4, -0.2) is 12.3 Å². The van der Waals surface area contributed by atoms with Gasteiger partial charge in [0.15, 0.2) is 0 Å². The number of hydrogen-bond donors (Lipinski definition) is 2. The molecule has 0 fully saturated rings. The maximum absolute atomic E-state index is 13.0. The standard InChI is InChI=1S/C31H37F3N2/c1-6-8-11-24(10-7-2)12-9-13-28(18-22(3)4)36-30-19-23(5)29(20-26(30)21-35)25-14-16-27(17-15-25)31(32,33)34/h6-7,9-10,12-17,19-22,28,35-36H,1,8,11,18H2,2-5H3/b10-7-,13-9+,24-12+,35-21?. The first-order valence-corrected chi connectivity index (χ1v) is 12.3. The maximum atomic E-state index is 13.0. The molecule has 2 rings (SSSR count). The van der Waals surface area contributed by atoms with Crippen molar-refractivity contribution in [2.45, 2.75) is 59.2 Å². The smallest absolute Gasteiger partial charge is 0.378 e. The summed E-state index contributed by atoms with van der Waals surface area (Å²) in [6.07, 6.45) is 12.1. The number of hydrogen-bond acceptors (Lipinski definition) is 2. The lowest BCUT2D eigenvalue weighted by Gasteiger charge is -2.21. The minimum absolute atomic E-state index is 0.0579. The van der Waals surface area contributed by atoms with E-state index in [-0.39, 0.29) is 6.04 Å². The zero-order chi connectivity index (χ0) is 26.7. The Bertz CT molecular complexity index is 1100. The fourth-order valence-electron chi connectivity index (χ4n) is 4.03. The predicted molar refractivity (Wildman–Crippen MR) is 148 cm³/mol. The Hall–Kier alpha value is -3.34. The van der Waals surface area contributed by atoms with E-state index < -0.39 is 11.7 Å². The molecule has 0 amide bonds. The van der Waals surface area contributed by atoms with Gasteiger partial charge in [0.05, 0.1) is 5.56 Å². The van der Waals surface area contributed by atoms with Crippen LogP contribution in [0.2, 0.25) is 0 Å². The summed E-state index contributed by atoms with van der Waals surface area (Å²) in [5.41, 5.74) is 4.50. The summed E-state index contributed by atoms with van der Waals surface area (Å²) in [6, 6.07) is 9.05. The summed E-state index contributed by atoms with van der Waals surface area (Å²) in [5, 5.41) is 11.5. The van der Waals surface area contributed by atoms with E-state index in [1.54, 1.807) is 0 Å². The molecule has 36 heavy (non-hydrogen) atoms. The summed E-state index contributed by atoms with van der Waals surface area (Å²) in [4.78, 5) is 0. The van der Waals surface area contributed by atoms with Gasteiger partial charge in [0.25, 0.3) is 0 Å². The minimum Gasteiger partial charge on any atom is -0.378 e. The quantitative estimate of drug-likeness (QED) is 0.172. The van der Waals surface area contributed by atoms with E-state index in [9.17, 15) is 13.2 Å². The number of nitrogens with one attached hydrogen (secondary N) is 2. The lowest BCUT2D eigenvalue weighted by atomic mass is 9.95. The van der Waals surface area contributed by atoms with Crippen molar-refractivity contribution in [3.8, 4) is 11.1 Å². The number of allylic oxidation sites excluding steroid dienone is 6. The first kappa shape index (κ1) is 28.9. The third-order valence-electron chi connectivity index (χ3n) is 5.81. The Morgan fingerprint density at radius 3 is 2.39 bits per heavy atom. The molecule has 0 aliphatic heterocycles. The second-order valence-electron chi connectivity index (χ2n) is 9.31. The van der Waals surface area contributed by atoms with Gasteiger partial charge in [-0.25, -0.2) is 0 Å². The van der Waals surface area contributed by atoms with Crippen LogP contribution < -0.4 is 5.32 Å². The van der Waals surface area contributed by atoms with Gasteiger partial charge in [-0.15, -0.1) is 6.58 Å². The summed E-state index contributed by atoms with van der Waals surface area (Å²) < 4.78 is 38.9. The summed E-state index contributed by atoms with van der Waals surface area (Å²) in [7, 11) is 0. The first-order chi connectivity index (χ1) is 17.1. The molecule has 1 atom stereocenters. The Balaban J connectivity index is 2.34. The van der Waals surface area contributed by atoms with Crippen molar-refractivity contribution >= 4 is 11.9 Å². The van der Waals surface area contributed by atoms with Crippen LogP contribution >= 0.6 is 0 Å². The highest BCUT2D eigenvalue weighted by Gasteiger charge is 2.30. The van der Waals surface area contributed by atoms with Crippen LogP contribution in [0.3, 0.4) is 0 Å². The lowest BCUT2D eigenvalue weighted by Crippen LogP contribution is -2.20. The zero-order valence-electron chi connectivity index (χ0n) is 21.6. The Labute approximate surface area is 213 Å². The van der Waals surface area contributed by atoms with Gasteiger partial charge >= 0.3 is 6.18 Å². The highest BCUT2D eigenvalue weighted by atomic mass is 19.4. The van der Waals surface area contributed by atoms with Crippen LogP contribution in [0.15, 0.2) is 85.0 Å². The molecule has 0 aliphatic rings. The average molecular weight is 495 g/mol. The summed E-state index contributed by atoms with van der Waals surface area (Å²) in [6.45, 7) is 12.1. The molecular weight excluding hydrogens is 457 g/mol. The summed E-state index contributed by atoms with van der Waals surface area (Å²) >= 11 is 0. The van der Waals surface area contributed by atoms with Gasteiger partial charge in [-0.2, -0.15) is 13.2 Å². The molecule has 2 N–H and O–H groups in total. The third-order valence-corrected chi connectivity index (χ3v) is 5.81. The number of rotatable bonds is 12. The minimum atomic E-state index is -4.37. The van der Waals surface area contributed by atoms with Crippen LogP contribution in [0.25, 0.3) is 11.1 Å². The van der Waals surface area contributed by atoms with E-state index in [1.807, 2.05) is 38.1 Å². The summed E-state index contributed by atoms with van der Waals surface area (Å²) in [5.74, 6) is 0.461. The van der Waals surface area contributed by atoms with Crippen molar-refractivity contribution in [3.05, 3.63) is 102 Å². The molecule has 2 aromatic rings. The van der Waals surface area contributed by atoms with Gasteiger partial charge in [-0.3, -0.25) is 0 Å². The monoisotopic (exact) mass is 494 g/mol. The van der Waals surface area contributed by atoms with E-state index in [4.69, 9.17) is 5.41 Å². The van der Waals surface area contributed by atoms with Crippen LogP contribution in [0.5, 0.6) is 0 Å². The molecule has 0 saturated carbocycles. The number of alkyl halides is 3. The Kier molecular flexibility index (Phi) is 11.0. The Morgan fingerprint density at radius 2 is 1.83 bits per heavy atom. The van der Waals surface area contributed by atoms with Crippen molar-refractivity contribution in [3.63, 3.8) is 0 Å². The van der Waals surface area contributed by atoms with Gasteiger partial charge in [0.1, 0.15) is 0 Å². The molecular formula is C31H37F3N2. The first-order valence-electron chi connectivity index (χ1n) is 12.3. The van der Waals surface area contributed by atoms with Crippen molar-refractivity contribution in [2.75, 3.05) is 5.32 Å². The van der Waals surface area contributed by atoms with Crippen LogP contribution in [0, 0.1) is 18.3 Å². The third kappa shape index (κ3) is 8.71. The molecule has 0 radical (unpaired) electrons. The van der Waals surface area contributed by atoms with Gasteiger partial charge < -0.3 is 10.7 Å². The fourth-order valence-corrected chi connectivity index (χ4v) is 4.03. The molecule has 0 saturated heterocycles. The number of aryl methyl sites for hydroxylation is 1. The van der Waals surface area contributed by atoms with Crippen molar-refractivity contribution < 1.29 is 13.2 Å². The molecule has 2 nitrogen and oxygen atoms in total. The highest BCUT2D eigenvalue weighted by molar-refractivity contribution is 5.89. The molecule has 192 valence electrons. The van der Waals surface area contributed by atoms with E-state index in [0.29, 0.717) is 17.0 Å². The van der Waals surface area contributed by atoms with Crippen LogP contribution in [0.4, 0.5) is 18.9 Å². The molecule has 0 spiro atoms. The van der Waals surface area contributed by atoms with Gasteiger partial charge in [-0.05, 0) is 85.6 Å². The SMILES string of the molecule is C=CCCC(/C=C\C)=C/C=C/C(CC(C)C)Nc1cc(C)c(-c2ccc(C(F)(F)F)cc2)cc1C=N. The van der Waals surface area contributed by atoms with E-state index in [0.717, 1.165) is 48.2 Å². The maximum Gasteiger partial charge on any atom is 0.416 e. The Morgan fingerprint density at radius 1 is 1.14 bits per heavy atom. The molecule has 0 bridgehead atoms. The molecule has 2 aromatic carbocycles. The van der Waals surface area contributed by atoms with Gasteiger partial charge in [0, 0.05) is 23.5 Å². The number of anilines is 1. The topological polar surface area (TPSA) is 35.9 Å². The lowest BCUT2D eigenvalue weighted by molar-refractivity contribution is -0.137. The van der Waals surface area contributed by atoms with Crippen LogP contribution in [-0.2, 0) is 6.18 Å². The van der Waals surface area contributed by atoms with Crippen molar-refractivity contribution in [2.24, 2.45) is 5.92 Å². The number of halogens is 3. The van der Waals surface area contributed by atoms with Crippen molar-refractivity contribution in [1.29, 1.82) is 5.41 Å². The van der Waals surface area contributed by atoms with Gasteiger partial charge in [0.2, 0.25) is 0 Å². The largest absolute Gasteiger partial charge is 0.416 e. The normalized spacial score (nSPS) is 13.5. The fraction of sp³-hybridized carbons (Fsp3) is 0.323. The predicted octanol–water partition coefficient (Wildman–Crippen LogP) is 9.53. The highest BCUT2D eigenvalue weighted by Crippen LogP contribution is 2.33. The molecule has 1 unspecified atom stereocenters. The molecule has 5 heteroatoms. The number of benzene rings is 2. The van der Waals surface area contributed by atoms with E-state index >= 15 is 0 Å². The van der Waals surface area contributed by atoms with Crippen LogP contribution in [0.1, 0.15) is 56.7 Å². The van der Waals surface area contributed by atoms with Gasteiger partial charge in [-0.1, -0.05) is 62.4 Å². The zero-order valence-corrected chi connectivity index (χ0v) is 21.6. The second-order valence-corrected chi connectivity index (χ2v) is 9.31. The van der Waals surface area contributed by atoms with Crippen molar-refractivity contribution in [1.82, 2.24) is 0 Å². The van der Waals surface area contributed by atoms with E-state index in [2.05, 4.69) is 50.0 Å². The molecule has 0 aromatic heterocycles. The van der Waals surface area contributed by atoms with E-state index in [1.165, 1.54) is 23.9 Å².